The summed E-state index contributed by atoms with van der Waals surface area (Å²) >= 11 is 1.38. The van der Waals surface area contributed by atoms with Crippen LogP contribution in [-0.2, 0) is 10.2 Å². The fraction of sp³-hybridized carbons (Fsp3) is 0.421. The first-order valence-electron chi connectivity index (χ1n) is 7.85. The summed E-state index contributed by atoms with van der Waals surface area (Å²) in [5.74, 6) is -0.0410. The van der Waals surface area contributed by atoms with Crippen LogP contribution in [0.5, 0.6) is 0 Å². The highest BCUT2D eigenvalue weighted by Gasteiger charge is 2.21. The average molecular weight is 331 g/mol. The van der Waals surface area contributed by atoms with Crippen molar-refractivity contribution in [2.24, 2.45) is 5.92 Å². The molecule has 0 saturated heterocycles. The minimum atomic E-state index is -0.340. The van der Waals surface area contributed by atoms with Crippen molar-refractivity contribution < 1.29 is 9.53 Å². The molecule has 0 aliphatic heterocycles. The van der Waals surface area contributed by atoms with Gasteiger partial charge in [-0.25, -0.2) is 4.79 Å². The van der Waals surface area contributed by atoms with Crippen LogP contribution in [0.15, 0.2) is 29.6 Å². The van der Waals surface area contributed by atoms with E-state index in [0.717, 1.165) is 11.1 Å². The number of carbonyl (C=O) groups excluding carboxylic acids is 1. The number of esters is 1. The van der Waals surface area contributed by atoms with Gasteiger partial charge < -0.3 is 10.5 Å². The largest absolute Gasteiger partial charge is 0.462 e. The monoisotopic (exact) mass is 331 g/mol. The molecule has 0 aliphatic carbocycles. The number of ether oxygens (including phenoxy) is 1. The zero-order valence-electron chi connectivity index (χ0n) is 14.5. The molecular formula is C19H25NO2S. The normalized spacial score (nSPS) is 11.7. The fourth-order valence-electron chi connectivity index (χ4n) is 2.26. The molecule has 4 heteroatoms. The zero-order valence-corrected chi connectivity index (χ0v) is 15.3. The fourth-order valence-corrected chi connectivity index (χ4v) is 3.07. The van der Waals surface area contributed by atoms with E-state index >= 15 is 0 Å². The van der Waals surface area contributed by atoms with Crippen LogP contribution in [0.25, 0.3) is 11.1 Å². The lowest BCUT2D eigenvalue weighted by Crippen LogP contribution is -2.12. The van der Waals surface area contributed by atoms with E-state index in [1.807, 2.05) is 31.4 Å². The van der Waals surface area contributed by atoms with Crippen LogP contribution in [0.2, 0.25) is 0 Å². The third-order valence-electron chi connectivity index (χ3n) is 3.63. The van der Waals surface area contributed by atoms with E-state index in [4.69, 9.17) is 10.5 Å². The molecule has 0 saturated carbocycles. The summed E-state index contributed by atoms with van der Waals surface area (Å²) in [4.78, 5) is 12.4. The number of rotatable bonds is 4. The Morgan fingerprint density at radius 2 is 1.83 bits per heavy atom. The number of nitrogen functional groups attached to an aromatic ring is 1. The highest BCUT2D eigenvalue weighted by Crippen LogP contribution is 2.35. The van der Waals surface area contributed by atoms with E-state index in [1.165, 1.54) is 16.9 Å². The predicted molar refractivity (Wildman–Crippen MR) is 98.0 cm³/mol. The zero-order chi connectivity index (χ0) is 17.2. The second kappa shape index (κ2) is 6.75. The number of thiophene rings is 1. The van der Waals surface area contributed by atoms with Crippen LogP contribution in [0.4, 0.5) is 5.00 Å². The van der Waals surface area contributed by atoms with E-state index < -0.39 is 0 Å². The molecule has 0 aliphatic rings. The predicted octanol–water partition coefficient (Wildman–Crippen LogP) is 5.11. The smallest absolute Gasteiger partial charge is 0.341 e. The van der Waals surface area contributed by atoms with Gasteiger partial charge >= 0.3 is 5.97 Å². The van der Waals surface area contributed by atoms with Gasteiger partial charge in [-0.2, -0.15) is 0 Å². The van der Waals surface area contributed by atoms with Crippen LogP contribution >= 0.6 is 11.3 Å². The maximum absolute atomic E-state index is 12.4. The van der Waals surface area contributed by atoms with Crippen LogP contribution in [-0.4, -0.2) is 12.6 Å². The Hall–Kier alpha value is -1.81. The lowest BCUT2D eigenvalue weighted by molar-refractivity contribution is 0.0461. The van der Waals surface area contributed by atoms with Crippen molar-refractivity contribution in [3.63, 3.8) is 0 Å². The van der Waals surface area contributed by atoms with E-state index in [1.54, 1.807) is 0 Å². The van der Waals surface area contributed by atoms with Gasteiger partial charge in [-0.3, -0.25) is 0 Å². The Balaban J connectivity index is 2.32. The molecule has 2 aromatic rings. The van der Waals surface area contributed by atoms with Gasteiger partial charge in [0.05, 0.1) is 6.61 Å². The van der Waals surface area contributed by atoms with Crippen LogP contribution in [0.1, 0.15) is 50.5 Å². The summed E-state index contributed by atoms with van der Waals surface area (Å²) in [6, 6.07) is 8.29. The Kier molecular flexibility index (Phi) is 5.15. The van der Waals surface area contributed by atoms with Gasteiger partial charge in [0, 0.05) is 10.9 Å². The summed E-state index contributed by atoms with van der Waals surface area (Å²) in [7, 11) is 0. The standard InChI is InChI=1S/C19H25NO2S/c1-12(2)10-22-18(21)16-15(11-23-17(16)20)13-6-8-14(9-7-13)19(3,4)5/h6-9,11-12H,10,20H2,1-5H3. The van der Waals surface area contributed by atoms with Gasteiger partial charge in [-0.05, 0) is 22.5 Å². The van der Waals surface area contributed by atoms with Gasteiger partial charge in [-0.1, -0.05) is 58.9 Å². The molecule has 1 aromatic heterocycles. The first-order valence-corrected chi connectivity index (χ1v) is 8.73. The molecule has 0 amide bonds. The second-order valence-corrected chi connectivity index (χ2v) is 8.12. The second-order valence-electron chi connectivity index (χ2n) is 7.21. The Morgan fingerprint density at radius 3 is 2.35 bits per heavy atom. The molecule has 1 aromatic carbocycles. The highest BCUT2D eigenvalue weighted by atomic mass is 32.1. The third kappa shape index (κ3) is 4.14. The molecule has 0 radical (unpaired) electrons. The quantitative estimate of drug-likeness (QED) is 0.792. The Morgan fingerprint density at radius 1 is 1.22 bits per heavy atom. The van der Waals surface area contributed by atoms with Crippen LogP contribution < -0.4 is 5.73 Å². The first kappa shape index (κ1) is 17.5. The molecule has 0 atom stereocenters. The lowest BCUT2D eigenvalue weighted by Gasteiger charge is -2.19. The number of benzene rings is 1. The van der Waals surface area contributed by atoms with Crippen molar-refractivity contribution in [3.05, 3.63) is 40.8 Å². The Labute approximate surface area is 142 Å². The summed E-state index contributed by atoms with van der Waals surface area (Å²) < 4.78 is 5.36. The molecule has 23 heavy (non-hydrogen) atoms. The van der Waals surface area contributed by atoms with Gasteiger partial charge in [0.1, 0.15) is 10.6 Å². The third-order valence-corrected chi connectivity index (χ3v) is 4.44. The van der Waals surface area contributed by atoms with Gasteiger partial charge in [-0.15, -0.1) is 11.3 Å². The van der Waals surface area contributed by atoms with Crippen LogP contribution in [0, 0.1) is 5.92 Å². The number of hydrogen-bond donors (Lipinski definition) is 1. The number of nitrogens with two attached hydrogens (primary N) is 1. The molecule has 0 fully saturated rings. The number of hydrogen-bond acceptors (Lipinski definition) is 4. The van der Waals surface area contributed by atoms with Gasteiger partial charge in [0.25, 0.3) is 0 Å². The van der Waals surface area contributed by atoms with E-state index in [9.17, 15) is 4.79 Å². The summed E-state index contributed by atoms with van der Waals surface area (Å²) in [5, 5.41) is 2.43. The van der Waals surface area contributed by atoms with E-state index in [-0.39, 0.29) is 11.4 Å². The summed E-state index contributed by atoms with van der Waals surface area (Å²) in [5.41, 5.74) is 9.69. The highest BCUT2D eigenvalue weighted by molar-refractivity contribution is 7.14. The SMILES string of the molecule is CC(C)COC(=O)c1c(-c2ccc(C(C)(C)C)cc2)csc1N. The van der Waals surface area contributed by atoms with Crippen molar-refractivity contribution in [2.75, 3.05) is 12.3 Å². The van der Waals surface area contributed by atoms with E-state index in [0.29, 0.717) is 23.1 Å². The molecule has 2 rings (SSSR count). The first-order chi connectivity index (χ1) is 10.7. The molecule has 3 nitrogen and oxygen atoms in total. The molecule has 124 valence electrons. The van der Waals surface area contributed by atoms with Crippen molar-refractivity contribution in [3.8, 4) is 11.1 Å². The lowest BCUT2D eigenvalue weighted by atomic mass is 9.86. The molecule has 0 spiro atoms. The van der Waals surface area contributed by atoms with Gasteiger partial charge in [0.2, 0.25) is 0 Å². The van der Waals surface area contributed by atoms with Gasteiger partial charge in [0.15, 0.2) is 0 Å². The van der Waals surface area contributed by atoms with E-state index in [2.05, 4.69) is 32.9 Å². The molecule has 0 bridgehead atoms. The summed E-state index contributed by atoms with van der Waals surface area (Å²) in [6.07, 6.45) is 0. The minimum Gasteiger partial charge on any atom is -0.462 e. The maximum Gasteiger partial charge on any atom is 0.341 e. The average Bonchev–Trinajstić information content (AvgIpc) is 2.86. The van der Waals surface area contributed by atoms with Crippen molar-refractivity contribution in [2.45, 2.75) is 40.0 Å². The summed E-state index contributed by atoms with van der Waals surface area (Å²) in [6.45, 7) is 11.0. The topological polar surface area (TPSA) is 52.3 Å². The maximum atomic E-state index is 12.4. The minimum absolute atomic E-state index is 0.102. The molecule has 2 N–H and O–H groups in total. The van der Waals surface area contributed by atoms with Crippen LogP contribution in [0.3, 0.4) is 0 Å². The molecule has 0 unspecified atom stereocenters. The Bertz CT molecular complexity index is 678. The van der Waals surface area contributed by atoms with Crippen molar-refractivity contribution in [1.29, 1.82) is 0 Å². The molecular weight excluding hydrogens is 306 g/mol. The van der Waals surface area contributed by atoms with Crippen molar-refractivity contribution >= 4 is 22.3 Å². The number of anilines is 1. The number of carbonyl (C=O) groups is 1. The molecule has 1 heterocycles. The van der Waals surface area contributed by atoms with Crippen molar-refractivity contribution in [1.82, 2.24) is 0 Å².